The first-order valence-corrected chi connectivity index (χ1v) is 6.37. The molecule has 0 amide bonds. The Balaban J connectivity index is 2.19. The van der Waals surface area contributed by atoms with E-state index in [0.717, 1.165) is 5.02 Å². The SMILES string of the molecule is CCC1(C(Br)c2ccc(Cl)cc2)CC1. The second kappa shape index (κ2) is 3.86. The van der Waals surface area contributed by atoms with Gasteiger partial charge in [-0.25, -0.2) is 0 Å². The van der Waals surface area contributed by atoms with Crippen LogP contribution in [0, 0.1) is 5.41 Å². The molecule has 0 aromatic heterocycles. The molecule has 1 unspecified atom stereocenters. The Morgan fingerprint density at radius 3 is 2.36 bits per heavy atom. The largest absolute Gasteiger partial charge is 0.0843 e. The lowest BCUT2D eigenvalue weighted by Gasteiger charge is -2.20. The summed E-state index contributed by atoms with van der Waals surface area (Å²) in [7, 11) is 0. The van der Waals surface area contributed by atoms with Gasteiger partial charge in [-0.3, -0.25) is 0 Å². The van der Waals surface area contributed by atoms with E-state index in [2.05, 4.69) is 35.0 Å². The smallest absolute Gasteiger partial charge is 0.0451 e. The van der Waals surface area contributed by atoms with Crippen molar-refractivity contribution in [1.82, 2.24) is 0 Å². The van der Waals surface area contributed by atoms with Gasteiger partial charge in [-0.05, 0) is 42.4 Å². The number of hydrogen-bond donors (Lipinski definition) is 0. The third-order valence-electron chi connectivity index (χ3n) is 3.30. The Morgan fingerprint density at radius 2 is 1.93 bits per heavy atom. The van der Waals surface area contributed by atoms with Crippen molar-refractivity contribution in [1.29, 1.82) is 0 Å². The molecule has 2 rings (SSSR count). The fourth-order valence-electron chi connectivity index (χ4n) is 1.93. The Bertz CT molecular complexity index is 314. The van der Waals surface area contributed by atoms with Crippen molar-refractivity contribution in [3.8, 4) is 0 Å². The molecule has 1 atom stereocenters. The van der Waals surface area contributed by atoms with Gasteiger partial charge in [0.2, 0.25) is 0 Å². The van der Waals surface area contributed by atoms with E-state index < -0.39 is 0 Å². The highest BCUT2D eigenvalue weighted by Crippen LogP contribution is 2.60. The van der Waals surface area contributed by atoms with Crippen LogP contribution in [0.1, 0.15) is 36.6 Å². The average molecular weight is 274 g/mol. The van der Waals surface area contributed by atoms with E-state index in [0.29, 0.717) is 10.2 Å². The molecule has 2 heteroatoms. The maximum atomic E-state index is 5.86. The molecule has 0 bridgehead atoms. The predicted molar refractivity (Wildman–Crippen MR) is 65.1 cm³/mol. The normalized spacial score (nSPS) is 20.5. The van der Waals surface area contributed by atoms with Crippen LogP contribution in [0.5, 0.6) is 0 Å². The number of hydrogen-bond acceptors (Lipinski definition) is 0. The first kappa shape index (κ1) is 10.5. The summed E-state index contributed by atoms with van der Waals surface area (Å²) in [6.07, 6.45) is 3.95. The third-order valence-corrected chi connectivity index (χ3v) is 5.05. The monoisotopic (exact) mass is 272 g/mol. The molecule has 0 radical (unpaired) electrons. The molecule has 1 aromatic rings. The highest BCUT2D eigenvalue weighted by atomic mass is 79.9. The fraction of sp³-hybridized carbons (Fsp3) is 0.500. The minimum absolute atomic E-state index is 0.497. The van der Waals surface area contributed by atoms with Gasteiger partial charge in [0.15, 0.2) is 0 Å². The molecule has 76 valence electrons. The van der Waals surface area contributed by atoms with E-state index in [-0.39, 0.29) is 0 Å². The van der Waals surface area contributed by atoms with Crippen molar-refractivity contribution in [3.63, 3.8) is 0 Å². The lowest BCUT2D eigenvalue weighted by molar-refractivity contribution is 0.484. The summed E-state index contributed by atoms with van der Waals surface area (Å²) in [6.45, 7) is 2.27. The standard InChI is InChI=1S/C12H14BrCl/c1-2-12(7-8-12)11(13)9-3-5-10(14)6-4-9/h3-6,11H,2,7-8H2,1H3. The summed E-state index contributed by atoms with van der Waals surface area (Å²) in [5.41, 5.74) is 1.88. The van der Waals surface area contributed by atoms with Crippen LogP contribution in [0.4, 0.5) is 0 Å². The van der Waals surface area contributed by atoms with E-state index in [1.807, 2.05) is 12.1 Å². The molecule has 14 heavy (non-hydrogen) atoms. The quantitative estimate of drug-likeness (QED) is 0.682. The van der Waals surface area contributed by atoms with Gasteiger partial charge in [0.25, 0.3) is 0 Å². The second-order valence-corrected chi connectivity index (χ2v) is 5.48. The second-order valence-electron chi connectivity index (χ2n) is 4.13. The number of alkyl halides is 1. The maximum Gasteiger partial charge on any atom is 0.0451 e. The van der Waals surface area contributed by atoms with Gasteiger partial charge in [-0.1, -0.05) is 46.6 Å². The zero-order valence-electron chi connectivity index (χ0n) is 8.26. The summed E-state index contributed by atoms with van der Waals surface area (Å²) in [5, 5.41) is 0.815. The number of halogens is 2. The van der Waals surface area contributed by atoms with Crippen LogP contribution in [-0.4, -0.2) is 0 Å². The molecule has 0 heterocycles. The molecular formula is C12H14BrCl. The zero-order chi connectivity index (χ0) is 10.2. The predicted octanol–water partition coefficient (Wildman–Crippen LogP) is 4.97. The maximum absolute atomic E-state index is 5.86. The Labute approximate surface area is 98.8 Å². The summed E-state index contributed by atoms with van der Waals surface area (Å²) in [4.78, 5) is 0.497. The van der Waals surface area contributed by atoms with Gasteiger partial charge in [-0.15, -0.1) is 0 Å². The first-order chi connectivity index (χ1) is 6.68. The van der Waals surface area contributed by atoms with Gasteiger partial charge in [-0.2, -0.15) is 0 Å². The zero-order valence-corrected chi connectivity index (χ0v) is 10.6. The summed E-state index contributed by atoms with van der Waals surface area (Å²) >= 11 is 9.68. The number of benzene rings is 1. The molecule has 1 fully saturated rings. The summed E-state index contributed by atoms with van der Waals surface area (Å²) in [6, 6.07) is 8.18. The molecule has 0 saturated heterocycles. The highest BCUT2D eigenvalue weighted by molar-refractivity contribution is 9.09. The van der Waals surface area contributed by atoms with Crippen LogP contribution in [0.3, 0.4) is 0 Å². The molecule has 0 N–H and O–H groups in total. The van der Waals surface area contributed by atoms with Crippen molar-refractivity contribution in [3.05, 3.63) is 34.9 Å². The number of rotatable bonds is 3. The van der Waals surface area contributed by atoms with Crippen LogP contribution in [0.2, 0.25) is 5.02 Å². The highest BCUT2D eigenvalue weighted by Gasteiger charge is 2.46. The van der Waals surface area contributed by atoms with Gasteiger partial charge in [0.05, 0.1) is 0 Å². The van der Waals surface area contributed by atoms with Crippen molar-refractivity contribution in [2.24, 2.45) is 5.41 Å². The van der Waals surface area contributed by atoms with Crippen LogP contribution >= 0.6 is 27.5 Å². The molecule has 1 saturated carbocycles. The average Bonchev–Trinajstić information content (AvgIpc) is 2.99. The van der Waals surface area contributed by atoms with Gasteiger partial charge in [0.1, 0.15) is 0 Å². The molecule has 1 aliphatic rings. The van der Waals surface area contributed by atoms with Crippen molar-refractivity contribution < 1.29 is 0 Å². The van der Waals surface area contributed by atoms with Crippen molar-refractivity contribution in [2.45, 2.75) is 31.0 Å². The van der Waals surface area contributed by atoms with Crippen LogP contribution in [0.15, 0.2) is 24.3 Å². The van der Waals surface area contributed by atoms with Crippen molar-refractivity contribution in [2.75, 3.05) is 0 Å². The fourth-order valence-corrected chi connectivity index (χ4v) is 3.14. The van der Waals surface area contributed by atoms with E-state index in [1.165, 1.54) is 24.8 Å². The molecule has 1 aliphatic carbocycles. The minimum atomic E-state index is 0.497. The van der Waals surface area contributed by atoms with Crippen LogP contribution < -0.4 is 0 Å². The van der Waals surface area contributed by atoms with Crippen LogP contribution in [-0.2, 0) is 0 Å². The van der Waals surface area contributed by atoms with E-state index in [4.69, 9.17) is 11.6 Å². The summed E-state index contributed by atoms with van der Waals surface area (Å²) in [5.74, 6) is 0. The lowest BCUT2D eigenvalue weighted by atomic mass is 9.94. The van der Waals surface area contributed by atoms with Crippen molar-refractivity contribution >= 4 is 27.5 Å². The Hall–Kier alpha value is -0.0100. The first-order valence-electron chi connectivity index (χ1n) is 5.07. The van der Waals surface area contributed by atoms with E-state index in [1.54, 1.807) is 0 Å². The lowest BCUT2D eigenvalue weighted by Crippen LogP contribution is -2.06. The van der Waals surface area contributed by atoms with Gasteiger partial charge >= 0.3 is 0 Å². The molecule has 0 nitrogen and oxygen atoms in total. The van der Waals surface area contributed by atoms with E-state index >= 15 is 0 Å². The molecule has 0 spiro atoms. The Morgan fingerprint density at radius 1 is 1.36 bits per heavy atom. The van der Waals surface area contributed by atoms with Gasteiger partial charge in [0, 0.05) is 9.85 Å². The molecule has 1 aromatic carbocycles. The third kappa shape index (κ3) is 1.85. The summed E-state index contributed by atoms with van der Waals surface area (Å²) < 4.78 is 0. The minimum Gasteiger partial charge on any atom is -0.0843 e. The Kier molecular flexibility index (Phi) is 2.90. The van der Waals surface area contributed by atoms with E-state index in [9.17, 15) is 0 Å². The van der Waals surface area contributed by atoms with Crippen LogP contribution in [0.25, 0.3) is 0 Å². The molecular weight excluding hydrogens is 259 g/mol. The molecule has 0 aliphatic heterocycles. The topological polar surface area (TPSA) is 0 Å². The van der Waals surface area contributed by atoms with Gasteiger partial charge < -0.3 is 0 Å².